The summed E-state index contributed by atoms with van der Waals surface area (Å²) >= 11 is 0. The first-order valence-corrected chi connectivity index (χ1v) is 6.32. The molecule has 94 valence electrons. The fraction of sp³-hybridized carbons (Fsp3) is 0.500. The molecule has 0 amide bonds. The predicted molar refractivity (Wildman–Crippen MR) is 77.1 cm³/mol. The maximum absolute atomic E-state index is 5.73. The van der Waals surface area contributed by atoms with Crippen LogP contribution in [-0.4, -0.2) is 0 Å². The molecule has 2 N–H and O–H groups in total. The summed E-state index contributed by atoms with van der Waals surface area (Å²) in [5, 5.41) is 0. The minimum atomic E-state index is 0.194. The molecule has 0 aliphatic rings. The van der Waals surface area contributed by atoms with Crippen molar-refractivity contribution in [2.75, 3.05) is 5.73 Å². The van der Waals surface area contributed by atoms with Crippen molar-refractivity contribution in [3.63, 3.8) is 0 Å². The zero-order valence-corrected chi connectivity index (χ0v) is 11.7. The molecule has 1 unspecified atom stereocenters. The SMILES string of the molecule is CC(C)=CC(C)CC(C)(C)c1ccc(N)cc1. The van der Waals surface area contributed by atoms with Gasteiger partial charge in [0.05, 0.1) is 0 Å². The van der Waals surface area contributed by atoms with E-state index in [1.54, 1.807) is 0 Å². The van der Waals surface area contributed by atoms with Crippen molar-refractivity contribution in [1.82, 2.24) is 0 Å². The van der Waals surface area contributed by atoms with Crippen LogP contribution in [0.1, 0.15) is 46.6 Å². The molecule has 1 rings (SSSR count). The molecule has 1 atom stereocenters. The highest BCUT2D eigenvalue weighted by Crippen LogP contribution is 2.31. The van der Waals surface area contributed by atoms with Crippen molar-refractivity contribution in [1.29, 1.82) is 0 Å². The number of anilines is 1. The van der Waals surface area contributed by atoms with E-state index in [4.69, 9.17) is 5.73 Å². The zero-order valence-electron chi connectivity index (χ0n) is 11.7. The number of hydrogen-bond acceptors (Lipinski definition) is 1. The normalized spacial score (nSPS) is 13.2. The van der Waals surface area contributed by atoms with Gasteiger partial charge in [0.1, 0.15) is 0 Å². The summed E-state index contributed by atoms with van der Waals surface area (Å²) in [4.78, 5) is 0. The lowest BCUT2D eigenvalue weighted by Gasteiger charge is -2.28. The van der Waals surface area contributed by atoms with E-state index in [2.05, 4.69) is 52.8 Å². The van der Waals surface area contributed by atoms with Gasteiger partial charge in [-0.15, -0.1) is 0 Å². The fourth-order valence-electron chi connectivity index (χ4n) is 2.49. The van der Waals surface area contributed by atoms with Gasteiger partial charge < -0.3 is 5.73 Å². The largest absolute Gasteiger partial charge is 0.399 e. The average molecular weight is 231 g/mol. The summed E-state index contributed by atoms with van der Waals surface area (Å²) in [5.41, 5.74) is 9.51. The van der Waals surface area contributed by atoms with E-state index in [0.29, 0.717) is 5.92 Å². The Balaban J connectivity index is 2.81. The van der Waals surface area contributed by atoms with Crippen molar-refractivity contribution in [2.45, 2.75) is 46.5 Å². The van der Waals surface area contributed by atoms with Crippen LogP contribution >= 0.6 is 0 Å². The molecule has 0 spiro atoms. The Kier molecular flexibility index (Phi) is 4.39. The van der Waals surface area contributed by atoms with E-state index in [1.165, 1.54) is 11.1 Å². The van der Waals surface area contributed by atoms with Gasteiger partial charge in [-0.1, -0.05) is 44.6 Å². The Hall–Kier alpha value is -1.24. The van der Waals surface area contributed by atoms with E-state index >= 15 is 0 Å². The Morgan fingerprint density at radius 3 is 2.24 bits per heavy atom. The molecule has 0 bridgehead atoms. The van der Waals surface area contributed by atoms with Crippen LogP contribution in [0.4, 0.5) is 5.69 Å². The van der Waals surface area contributed by atoms with E-state index in [1.807, 2.05) is 12.1 Å². The molecule has 0 fully saturated rings. The molecule has 0 aliphatic carbocycles. The van der Waals surface area contributed by atoms with Gasteiger partial charge >= 0.3 is 0 Å². The zero-order chi connectivity index (χ0) is 13.1. The quantitative estimate of drug-likeness (QED) is 0.597. The number of rotatable bonds is 4. The fourth-order valence-corrected chi connectivity index (χ4v) is 2.49. The highest BCUT2D eigenvalue weighted by atomic mass is 14.5. The molecule has 0 aliphatic heterocycles. The minimum Gasteiger partial charge on any atom is -0.399 e. The second-order valence-corrected chi connectivity index (χ2v) is 5.93. The van der Waals surface area contributed by atoms with Gasteiger partial charge in [0.15, 0.2) is 0 Å². The van der Waals surface area contributed by atoms with Gasteiger partial charge in [0.25, 0.3) is 0 Å². The van der Waals surface area contributed by atoms with Crippen molar-refractivity contribution < 1.29 is 0 Å². The lowest BCUT2D eigenvalue weighted by atomic mass is 9.77. The Labute approximate surface area is 106 Å². The molecule has 0 radical (unpaired) electrons. The van der Waals surface area contributed by atoms with Gasteiger partial charge in [-0.05, 0) is 49.3 Å². The summed E-state index contributed by atoms with van der Waals surface area (Å²) in [6.07, 6.45) is 3.50. The highest BCUT2D eigenvalue weighted by molar-refractivity contribution is 5.41. The number of benzene rings is 1. The van der Waals surface area contributed by atoms with Gasteiger partial charge in [0, 0.05) is 5.69 Å². The summed E-state index contributed by atoms with van der Waals surface area (Å²) in [7, 11) is 0. The van der Waals surface area contributed by atoms with Crippen LogP contribution in [0, 0.1) is 5.92 Å². The van der Waals surface area contributed by atoms with Crippen LogP contribution in [0.5, 0.6) is 0 Å². The third-order valence-electron chi connectivity index (χ3n) is 3.14. The molecule has 1 aromatic carbocycles. The first-order valence-electron chi connectivity index (χ1n) is 6.32. The highest BCUT2D eigenvalue weighted by Gasteiger charge is 2.22. The predicted octanol–water partition coefficient (Wildman–Crippen LogP) is 4.54. The van der Waals surface area contributed by atoms with Crippen molar-refractivity contribution in [3.8, 4) is 0 Å². The maximum Gasteiger partial charge on any atom is 0.0314 e. The van der Waals surface area contributed by atoms with Crippen molar-refractivity contribution >= 4 is 5.69 Å². The van der Waals surface area contributed by atoms with Crippen LogP contribution in [-0.2, 0) is 5.41 Å². The van der Waals surface area contributed by atoms with E-state index < -0.39 is 0 Å². The standard InChI is InChI=1S/C16H25N/c1-12(2)10-13(3)11-16(4,5)14-6-8-15(17)9-7-14/h6-10,13H,11,17H2,1-5H3. The summed E-state index contributed by atoms with van der Waals surface area (Å²) in [5.74, 6) is 0.604. The average Bonchev–Trinajstić information content (AvgIpc) is 2.15. The van der Waals surface area contributed by atoms with E-state index in [9.17, 15) is 0 Å². The molecule has 0 saturated carbocycles. The lowest BCUT2D eigenvalue weighted by molar-refractivity contribution is 0.422. The van der Waals surface area contributed by atoms with Crippen LogP contribution in [0.15, 0.2) is 35.9 Å². The Bertz CT molecular complexity index is 380. The van der Waals surface area contributed by atoms with Crippen LogP contribution in [0.3, 0.4) is 0 Å². The first kappa shape index (κ1) is 13.8. The molecular weight excluding hydrogens is 206 g/mol. The van der Waals surface area contributed by atoms with E-state index in [-0.39, 0.29) is 5.41 Å². The molecule has 0 heterocycles. The number of nitrogen functional groups attached to an aromatic ring is 1. The second-order valence-electron chi connectivity index (χ2n) is 5.93. The lowest BCUT2D eigenvalue weighted by Crippen LogP contribution is -2.20. The first-order chi connectivity index (χ1) is 7.81. The number of allylic oxidation sites excluding steroid dienone is 2. The third-order valence-corrected chi connectivity index (χ3v) is 3.14. The molecule has 1 aromatic rings. The van der Waals surface area contributed by atoms with Crippen LogP contribution in [0.25, 0.3) is 0 Å². The Morgan fingerprint density at radius 1 is 1.24 bits per heavy atom. The van der Waals surface area contributed by atoms with Crippen LogP contribution < -0.4 is 5.73 Å². The van der Waals surface area contributed by atoms with Gasteiger partial charge in [0.2, 0.25) is 0 Å². The topological polar surface area (TPSA) is 26.0 Å². The molecule has 1 heteroatoms. The summed E-state index contributed by atoms with van der Waals surface area (Å²) in [6, 6.07) is 8.26. The van der Waals surface area contributed by atoms with Crippen molar-refractivity contribution in [3.05, 3.63) is 41.5 Å². The van der Waals surface area contributed by atoms with Gasteiger partial charge in [-0.25, -0.2) is 0 Å². The monoisotopic (exact) mass is 231 g/mol. The van der Waals surface area contributed by atoms with E-state index in [0.717, 1.165) is 12.1 Å². The molecule has 0 saturated heterocycles. The molecule has 17 heavy (non-hydrogen) atoms. The summed E-state index contributed by atoms with van der Waals surface area (Å²) < 4.78 is 0. The molecular formula is C16H25N. The molecule has 1 nitrogen and oxygen atoms in total. The summed E-state index contributed by atoms with van der Waals surface area (Å²) in [6.45, 7) is 11.2. The third kappa shape index (κ3) is 4.26. The number of nitrogens with two attached hydrogens (primary N) is 1. The second kappa shape index (κ2) is 5.39. The minimum absolute atomic E-state index is 0.194. The van der Waals surface area contributed by atoms with Crippen LogP contribution in [0.2, 0.25) is 0 Å². The number of hydrogen-bond donors (Lipinski definition) is 1. The smallest absolute Gasteiger partial charge is 0.0314 e. The maximum atomic E-state index is 5.73. The molecule has 0 aromatic heterocycles. The Morgan fingerprint density at radius 2 is 1.76 bits per heavy atom. The van der Waals surface area contributed by atoms with Gasteiger partial charge in [-0.2, -0.15) is 0 Å². The van der Waals surface area contributed by atoms with Crippen molar-refractivity contribution in [2.24, 2.45) is 5.92 Å². The van der Waals surface area contributed by atoms with Gasteiger partial charge in [-0.3, -0.25) is 0 Å².